The molecule has 1 atom stereocenters. The molecule has 0 saturated carbocycles. The molecule has 2 nitrogen and oxygen atoms in total. The zero-order chi connectivity index (χ0) is 17.1. The summed E-state index contributed by atoms with van der Waals surface area (Å²) in [5.74, 6) is 0.434. The minimum Gasteiger partial charge on any atom is -0.331 e. The normalized spacial score (nSPS) is 17.0. The molecule has 0 spiro atoms. The Morgan fingerprint density at radius 1 is 1.08 bits per heavy atom. The lowest BCUT2D eigenvalue weighted by atomic mass is 9.86. The van der Waals surface area contributed by atoms with E-state index in [2.05, 4.69) is 74.2 Å². The molecule has 1 aliphatic rings. The Morgan fingerprint density at radius 3 is 2.42 bits per heavy atom. The number of nitrogens with zero attached hydrogens (tertiary/aromatic N) is 1. The van der Waals surface area contributed by atoms with Gasteiger partial charge in [0.15, 0.2) is 0 Å². The van der Waals surface area contributed by atoms with Crippen molar-refractivity contribution in [3.8, 4) is 0 Å². The van der Waals surface area contributed by atoms with Gasteiger partial charge in [-0.2, -0.15) is 0 Å². The second-order valence-electron chi connectivity index (χ2n) is 6.81. The summed E-state index contributed by atoms with van der Waals surface area (Å²) < 4.78 is 0. The number of carbonyl (C=O) groups is 1. The molecule has 2 heteroatoms. The van der Waals surface area contributed by atoms with Crippen molar-refractivity contribution < 1.29 is 4.79 Å². The van der Waals surface area contributed by atoms with E-state index in [4.69, 9.17) is 0 Å². The van der Waals surface area contributed by atoms with Gasteiger partial charge in [-0.3, -0.25) is 4.79 Å². The fraction of sp³-hybridized carbons (Fsp3) is 0.409. The third-order valence-electron chi connectivity index (χ3n) is 5.29. The lowest BCUT2D eigenvalue weighted by Gasteiger charge is -2.39. The van der Waals surface area contributed by atoms with Crippen molar-refractivity contribution >= 4 is 5.91 Å². The summed E-state index contributed by atoms with van der Waals surface area (Å²) in [4.78, 5) is 15.3. The van der Waals surface area contributed by atoms with Crippen molar-refractivity contribution in [3.63, 3.8) is 0 Å². The van der Waals surface area contributed by atoms with Gasteiger partial charge in [0.2, 0.25) is 5.91 Å². The Balaban J connectivity index is 2.05. The number of amides is 1. The summed E-state index contributed by atoms with van der Waals surface area (Å²) in [6, 6.07) is 17.3. The number of hydrogen-bond donors (Lipinski definition) is 0. The molecule has 1 amide bonds. The highest BCUT2D eigenvalue weighted by Gasteiger charge is 2.33. The Bertz CT molecular complexity index is 700. The van der Waals surface area contributed by atoms with Crippen LogP contribution in [-0.4, -0.2) is 17.4 Å². The lowest BCUT2D eigenvalue weighted by Crippen LogP contribution is -2.43. The van der Waals surface area contributed by atoms with Crippen LogP contribution in [0.5, 0.6) is 0 Å². The van der Waals surface area contributed by atoms with Crippen LogP contribution in [0.1, 0.15) is 55.0 Å². The zero-order valence-electron chi connectivity index (χ0n) is 15.0. The zero-order valence-corrected chi connectivity index (χ0v) is 15.0. The summed E-state index contributed by atoms with van der Waals surface area (Å²) in [6.45, 7) is 7.15. The molecule has 0 radical (unpaired) electrons. The smallest absolute Gasteiger partial charge is 0.226 e. The fourth-order valence-corrected chi connectivity index (χ4v) is 3.78. The molecule has 126 valence electrons. The first-order valence-electron chi connectivity index (χ1n) is 9.10. The van der Waals surface area contributed by atoms with E-state index in [-0.39, 0.29) is 12.0 Å². The molecule has 24 heavy (non-hydrogen) atoms. The largest absolute Gasteiger partial charge is 0.331 e. The van der Waals surface area contributed by atoms with Crippen LogP contribution >= 0.6 is 0 Å². The predicted molar refractivity (Wildman–Crippen MR) is 99.0 cm³/mol. The molecule has 0 N–H and O–H groups in total. The Hall–Kier alpha value is -2.09. The molecule has 3 rings (SSSR count). The molecule has 1 unspecified atom stereocenters. The minimum absolute atomic E-state index is 0.0450. The van der Waals surface area contributed by atoms with Crippen LogP contribution in [0, 0.1) is 12.8 Å². The lowest BCUT2D eigenvalue weighted by molar-refractivity contribution is -0.137. The van der Waals surface area contributed by atoms with Gasteiger partial charge in [0.05, 0.1) is 6.04 Å². The van der Waals surface area contributed by atoms with Gasteiger partial charge in [-0.05, 0) is 42.9 Å². The number of benzene rings is 2. The SMILES string of the molecule is CCC(CC)C(=O)N1CCc2ccccc2C1c1ccc(C)cc1. The number of carbonyl (C=O) groups excluding carboxylic acids is 1. The van der Waals surface area contributed by atoms with Crippen LogP contribution in [0.25, 0.3) is 0 Å². The summed E-state index contributed by atoms with van der Waals surface area (Å²) in [6.07, 6.45) is 2.77. The van der Waals surface area contributed by atoms with Gasteiger partial charge in [-0.1, -0.05) is 67.9 Å². The summed E-state index contributed by atoms with van der Waals surface area (Å²) in [5, 5.41) is 0. The molecule has 0 saturated heterocycles. The van der Waals surface area contributed by atoms with Crippen molar-refractivity contribution in [2.24, 2.45) is 5.92 Å². The molecular formula is C22H27NO. The molecule has 0 bridgehead atoms. The van der Waals surface area contributed by atoms with Crippen molar-refractivity contribution in [2.75, 3.05) is 6.54 Å². The minimum atomic E-state index is 0.0450. The first kappa shape index (κ1) is 16.8. The van der Waals surface area contributed by atoms with Gasteiger partial charge in [0.25, 0.3) is 0 Å². The quantitative estimate of drug-likeness (QED) is 0.784. The van der Waals surface area contributed by atoms with E-state index >= 15 is 0 Å². The molecule has 0 aliphatic carbocycles. The van der Waals surface area contributed by atoms with Gasteiger partial charge in [-0.25, -0.2) is 0 Å². The van der Waals surface area contributed by atoms with E-state index in [0.29, 0.717) is 5.91 Å². The molecule has 1 aliphatic heterocycles. The van der Waals surface area contributed by atoms with Crippen molar-refractivity contribution in [1.29, 1.82) is 0 Å². The second-order valence-corrected chi connectivity index (χ2v) is 6.81. The number of fused-ring (bicyclic) bond motifs is 1. The van der Waals surface area contributed by atoms with E-state index < -0.39 is 0 Å². The standard InChI is InChI=1S/C22H27NO/c1-4-17(5-2)22(24)23-15-14-18-8-6-7-9-20(18)21(23)19-12-10-16(3)11-13-19/h6-13,17,21H,4-5,14-15H2,1-3H3. The molecular weight excluding hydrogens is 294 g/mol. The first-order chi connectivity index (χ1) is 11.7. The summed E-state index contributed by atoms with van der Waals surface area (Å²) in [5.41, 5.74) is 5.12. The van der Waals surface area contributed by atoms with Crippen LogP contribution in [0.3, 0.4) is 0 Å². The third-order valence-corrected chi connectivity index (χ3v) is 5.29. The average Bonchev–Trinajstić information content (AvgIpc) is 2.62. The summed E-state index contributed by atoms with van der Waals surface area (Å²) >= 11 is 0. The molecule has 0 aromatic heterocycles. The second kappa shape index (κ2) is 7.21. The van der Waals surface area contributed by atoms with Crippen LogP contribution in [0.4, 0.5) is 0 Å². The monoisotopic (exact) mass is 321 g/mol. The van der Waals surface area contributed by atoms with Gasteiger partial charge in [0, 0.05) is 12.5 Å². The fourth-order valence-electron chi connectivity index (χ4n) is 3.78. The Morgan fingerprint density at radius 2 is 1.75 bits per heavy atom. The maximum Gasteiger partial charge on any atom is 0.226 e. The number of rotatable bonds is 4. The Kier molecular flexibility index (Phi) is 5.03. The third kappa shape index (κ3) is 3.10. The van der Waals surface area contributed by atoms with Crippen LogP contribution in [0.2, 0.25) is 0 Å². The van der Waals surface area contributed by atoms with E-state index in [1.54, 1.807) is 0 Å². The maximum absolute atomic E-state index is 13.1. The molecule has 1 heterocycles. The van der Waals surface area contributed by atoms with Crippen molar-refractivity contribution in [1.82, 2.24) is 4.90 Å². The predicted octanol–water partition coefficient (Wildman–Crippen LogP) is 4.91. The van der Waals surface area contributed by atoms with E-state index in [0.717, 1.165) is 25.8 Å². The van der Waals surface area contributed by atoms with Crippen LogP contribution in [-0.2, 0) is 11.2 Å². The van der Waals surface area contributed by atoms with Crippen molar-refractivity contribution in [3.05, 3.63) is 70.8 Å². The van der Waals surface area contributed by atoms with Crippen LogP contribution in [0.15, 0.2) is 48.5 Å². The highest BCUT2D eigenvalue weighted by atomic mass is 16.2. The average molecular weight is 321 g/mol. The van der Waals surface area contributed by atoms with E-state index in [1.807, 2.05) is 0 Å². The van der Waals surface area contributed by atoms with Gasteiger partial charge in [-0.15, -0.1) is 0 Å². The molecule has 2 aromatic rings. The van der Waals surface area contributed by atoms with Crippen molar-refractivity contribution in [2.45, 2.75) is 46.1 Å². The highest BCUT2D eigenvalue weighted by Crippen LogP contribution is 2.36. The summed E-state index contributed by atoms with van der Waals surface area (Å²) in [7, 11) is 0. The number of hydrogen-bond acceptors (Lipinski definition) is 1. The number of aryl methyl sites for hydroxylation is 1. The Labute approximate surface area is 145 Å². The van der Waals surface area contributed by atoms with E-state index in [9.17, 15) is 4.79 Å². The van der Waals surface area contributed by atoms with Gasteiger partial charge >= 0.3 is 0 Å². The first-order valence-corrected chi connectivity index (χ1v) is 9.10. The van der Waals surface area contributed by atoms with E-state index in [1.165, 1.54) is 22.3 Å². The molecule has 2 aromatic carbocycles. The van der Waals surface area contributed by atoms with Crippen LogP contribution < -0.4 is 0 Å². The highest BCUT2D eigenvalue weighted by molar-refractivity contribution is 5.80. The van der Waals surface area contributed by atoms with Gasteiger partial charge < -0.3 is 4.90 Å². The molecule has 0 fully saturated rings. The van der Waals surface area contributed by atoms with Gasteiger partial charge in [0.1, 0.15) is 0 Å². The maximum atomic E-state index is 13.1. The topological polar surface area (TPSA) is 20.3 Å².